The van der Waals surface area contributed by atoms with E-state index >= 15 is 0 Å². The van der Waals surface area contributed by atoms with Gasteiger partial charge in [0, 0.05) is 40.8 Å². The fourth-order valence-electron chi connectivity index (χ4n) is 3.91. The average molecular weight is 522 g/mol. The molecule has 0 aliphatic heterocycles. The van der Waals surface area contributed by atoms with Crippen LogP contribution in [0.25, 0.3) is 22.4 Å². The van der Waals surface area contributed by atoms with Crippen LogP contribution in [0.1, 0.15) is 12.0 Å². The number of aliphatic carboxylic acids is 1. The Morgan fingerprint density at radius 2 is 1.89 bits per heavy atom. The molecule has 0 radical (unpaired) electrons. The Hall–Kier alpha value is -3.75. The van der Waals surface area contributed by atoms with Gasteiger partial charge < -0.3 is 9.84 Å². The zero-order valence-electron chi connectivity index (χ0n) is 19.7. The maximum absolute atomic E-state index is 13.3. The standard InChI is InChI=1S/C27H24ClN3O4S/c1-31(26(34)19(13-25(32)33)12-17-6-4-3-5-7-17)27-30-23(16-36-27)21-10-9-20(28)14-22(21)18-8-11-24(35-2)29-15-18/h3-11,14-16,19H,12-13H2,1-2H3,(H,32,33). The van der Waals surface area contributed by atoms with Crippen molar-refractivity contribution in [2.75, 3.05) is 19.1 Å². The minimum atomic E-state index is -1.02. The van der Waals surface area contributed by atoms with Gasteiger partial charge in [-0.05, 0) is 35.7 Å². The Morgan fingerprint density at radius 3 is 2.56 bits per heavy atom. The molecule has 0 fully saturated rings. The van der Waals surface area contributed by atoms with E-state index in [0.717, 1.165) is 22.3 Å². The molecule has 1 amide bonds. The van der Waals surface area contributed by atoms with Crippen LogP contribution in [0, 0.1) is 5.92 Å². The van der Waals surface area contributed by atoms with E-state index in [0.29, 0.717) is 28.1 Å². The number of benzene rings is 2. The predicted molar refractivity (Wildman–Crippen MR) is 142 cm³/mol. The predicted octanol–water partition coefficient (Wildman–Crippen LogP) is 5.83. The van der Waals surface area contributed by atoms with Gasteiger partial charge in [0.05, 0.1) is 25.1 Å². The van der Waals surface area contributed by atoms with Crippen molar-refractivity contribution in [2.24, 2.45) is 5.92 Å². The summed E-state index contributed by atoms with van der Waals surface area (Å²) in [6, 6.07) is 18.6. The number of carbonyl (C=O) groups excluding carboxylic acids is 1. The number of carbonyl (C=O) groups is 2. The average Bonchev–Trinajstić information content (AvgIpc) is 3.38. The molecule has 1 N–H and O–H groups in total. The fourth-order valence-corrected chi connectivity index (χ4v) is 4.87. The molecule has 2 aromatic carbocycles. The van der Waals surface area contributed by atoms with Crippen LogP contribution >= 0.6 is 22.9 Å². The molecule has 0 spiro atoms. The summed E-state index contributed by atoms with van der Waals surface area (Å²) in [6.07, 6.45) is 1.78. The minimum Gasteiger partial charge on any atom is -0.481 e. The summed E-state index contributed by atoms with van der Waals surface area (Å²) in [7, 11) is 3.18. The maximum Gasteiger partial charge on any atom is 0.304 e. The summed E-state index contributed by atoms with van der Waals surface area (Å²) in [5.74, 6) is -1.52. The van der Waals surface area contributed by atoms with Gasteiger partial charge in [-0.25, -0.2) is 9.97 Å². The van der Waals surface area contributed by atoms with Gasteiger partial charge in [0.1, 0.15) is 0 Å². The largest absolute Gasteiger partial charge is 0.481 e. The van der Waals surface area contributed by atoms with E-state index in [1.165, 1.54) is 16.2 Å². The van der Waals surface area contributed by atoms with Crippen LogP contribution in [-0.4, -0.2) is 41.1 Å². The summed E-state index contributed by atoms with van der Waals surface area (Å²) >= 11 is 7.60. The summed E-state index contributed by atoms with van der Waals surface area (Å²) in [5, 5.41) is 12.3. The van der Waals surface area contributed by atoms with E-state index in [-0.39, 0.29) is 12.3 Å². The van der Waals surface area contributed by atoms with Gasteiger partial charge in [0.2, 0.25) is 11.8 Å². The SMILES string of the molecule is COc1ccc(-c2cc(Cl)ccc2-c2csc(N(C)C(=O)C(CC(=O)O)Cc3ccccc3)n2)cn1. The van der Waals surface area contributed by atoms with Crippen molar-refractivity contribution in [3.63, 3.8) is 0 Å². The Labute approximate surface area is 218 Å². The van der Waals surface area contributed by atoms with Crippen molar-refractivity contribution in [1.29, 1.82) is 0 Å². The third-order valence-electron chi connectivity index (χ3n) is 5.72. The number of ether oxygens (including phenoxy) is 1. The smallest absolute Gasteiger partial charge is 0.304 e. The number of methoxy groups -OCH3 is 1. The Kier molecular flexibility index (Phi) is 7.97. The molecular formula is C27H24ClN3O4S. The van der Waals surface area contributed by atoms with Crippen LogP contribution in [0.5, 0.6) is 5.88 Å². The third-order valence-corrected chi connectivity index (χ3v) is 6.87. The van der Waals surface area contributed by atoms with Gasteiger partial charge in [-0.15, -0.1) is 11.3 Å². The van der Waals surface area contributed by atoms with Gasteiger partial charge in [0.25, 0.3) is 0 Å². The van der Waals surface area contributed by atoms with Crippen LogP contribution in [0.4, 0.5) is 5.13 Å². The normalized spacial score (nSPS) is 11.6. The Bertz CT molecular complexity index is 1360. The van der Waals surface area contributed by atoms with Crippen molar-refractivity contribution in [3.05, 3.63) is 82.8 Å². The number of carboxylic acid groups (broad SMARTS) is 1. The molecule has 1 atom stereocenters. The fraction of sp³-hybridized carbons (Fsp3) is 0.185. The zero-order chi connectivity index (χ0) is 25.7. The second kappa shape index (κ2) is 11.3. The van der Waals surface area contributed by atoms with Crippen molar-refractivity contribution >= 4 is 39.9 Å². The van der Waals surface area contributed by atoms with Crippen LogP contribution in [-0.2, 0) is 16.0 Å². The molecule has 36 heavy (non-hydrogen) atoms. The molecule has 0 bridgehead atoms. The molecule has 2 heterocycles. The Balaban J connectivity index is 1.61. The number of aromatic nitrogens is 2. The first kappa shape index (κ1) is 25.3. The summed E-state index contributed by atoms with van der Waals surface area (Å²) < 4.78 is 5.15. The van der Waals surface area contributed by atoms with E-state index in [4.69, 9.17) is 21.3 Å². The number of pyridine rings is 1. The van der Waals surface area contributed by atoms with Gasteiger partial charge in [-0.3, -0.25) is 14.5 Å². The van der Waals surface area contributed by atoms with Crippen molar-refractivity contribution in [3.8, 4) is 28.3 Å². The number of rotatable bonds is 9. The summed E-state index contributed by atoms with van der Waals surface area (Å²) in [6.45, 7) is 0. The number of hydrogen-bond donors (Lipinski definition) is 1. The first-order valence-corrected chi connectivity index (χ1v) is 12.4. The highest BCUT2D eigenvalue weighted by molar-refractivity contribution is 7.14. The van der Waals surface area contributed by atoms with E-state index < -0.39 is 11.9 Å². The number of amides is 1. The second-order valence-corrected chi connectivity index (χ2v) is 9.45. The lowest BCUT2D eigenvalue weighted by Gasteiger charge is -2.21. The molecule has 1 unspecified atom stereocenters. The van der Waals surface area contributed by atoms with E-state index in [1.54, 1.807) is 32.5 Å². The van der Waals surface area contributed by atoms with E-state index in [9.17, 15) is 14.7 Å². The first-order chi connectivity index (χ1) is 17.4. The van der Waals surface area contributed by atoms with Crippen LogP contribution in [0.15, 0.2) is 72.2 Å². The summed E-state index contributed by atoms with van der Waals surface area (Å²) in [4.78, 5) is 35.2. The molecule has 0 aliphatic carbocycles. The molecule has 2 aromatic heterocycles. The van der Waals surface area contributed by atoms with Crippen LogP contribution < -0.4 is 9.64 Å². The quantitative estimate of drug-likeness (QED) is 0.298. The lowest BCUT2D eigenvalue weighted by atomic mass is 9.95. The summed E-state index contributed by atoms with van der Waals surface area (Å²) in [5.41, 5.74) is 4.10. The van der Waals surface area contributed by atoms with E-state index in [1.807, 2.05) is 53.9 Å². The maximum atomic E-state index is 13.3. The molecule has 4 rings (SSSR count). The number of carboxylic acids is 1. The second-order valence-electron chi connectivity index (χ2n) is 8.18. The van der Waals surface area contributed by atoms with Gasteiger partial charge in [-0.1, -0.05) is 48.0 Å². The number of halogens is 1. The topological polar surface area (TPSA) is 92.6 Å². The van der Waals surface area contributed by atoms with Crippen LogP contribution in [0.3, 0.4) is 0 Å². The van der Waals surface area contributed by atoms with Crippen LogP contribution in [0.2, 0.25) is 5.02 Å². The van der Waals surface area contributed by atoms with Gasteiger partial charge in [-0.2, -0.15) is 0 Å². The molecule has 184 valence electrons. The van der Waals surface area contributed by atoms with Gasteiger partial charge >= 0.3 is 5.97 Å². The molecular weight excluding hydrogens is 498 g/mol. The van der Waals surface area contributed by atoms with Gasteiger partial charge in [0.15, 0.2) is 5.13 Å². The lowest BCUT2D eigenvalue weighted by molar-refractivity contribution is -0.140. The monoisotopic (exact) mass is 521 g/mol. The number of hydrogen-bond acceptors (Lipinski definition) is 6. The minimum absolute atomic E-state index is 0.262. The number of thiazole rings is 1. The third kappa shape index (κ3) is 5.90. The molecule has 9 heteroatoms. The highest BCUT2D eigenvalue weighted by Gasteiger charge is 2.27. The molecule has 0 saturated carbocycles. The van der Waals surface area contributed by atoms with Crippen molar-refractivity contribution < 1.29 is 19.4 Å². The highest BCUT2D eigenvalue weighted by Crippen LogP contribution is 2.36. The highest BCUT2D eigenvalue weighted by atomic mass is 35.5. The number of anilines is 1. The first-order valence-electron chi connectivity index (χ1n) is 11.1. The zero-order valence-corrected chi connectivity index (χ0v) is 21.3. The molecule has 0 aliphatic rings. The van der Waals surface area contributed by atoms with Crippen molar-refractivity contribution in [1.82, 2.24) is 9.97 Å². The molecule has 7 nitrogen and oxygen atoms in total. The molecule has 4 aromatic rings. The lowest BCUT2D eigenvalue weighted by Crippen LogP contribution is -2.35. The Morgan fingerprint density at radius 1 is 1.11 bits per heavy atom. The van der Waals surface area contributed by atoms with Crippen molar-refractivity contribution in [2.45, 2.75) is 12.8 Å². The number of nitrogens with zero attached hydrogens (tertiary/aromatic N) is 3. The van der Waals surface area contributed by atoms with E-state index in [2.05, 4.69) is 4.98 Å². The molecule has 0 saturated heterocycles.